The number of thiocarbonyl (C=S) groups is 1. The molecule has 1 amide bonds. The Morgan fingerprint density at radius 2 is 1.94 bits per heavy atom. The standard InChI is InChI=1S/C27H31N5O2S/c1-34-23-14-5-4-11-20(23)29-24(33)15-18-32-26(22-13-8-17-31(22)19-9-2-3-10-19)25(30-27(32)35)21-12-6-7-16-28-21/h4-8,11-14,16-17,19,25-26H,2-3,9-10,15,18H2,1H3,(H,29,33)(H,30,35)/t25-,26-/m1/s1. The van der Waals surface area contributed by atoms with Gasteiger partial charge in [-0.3, -0.25) is 9.78 Å². The van der Waals surface area contributed by atoms with Crippen molar-refractivity contribution in [2.75, 3.05) is 19.0 Å². The molecule has 1 saturated heterocycles. The molecule has 1 aliphatic carbocycles. The zero-order valence-corrected chi connectivity index (χ0v) is 20.7. The van der Waals surface area contributed by atoms with Gasteiger partial charge in [0.1, 0.15) is 5.75 Å². The Hall–Kier alpha value is -3.39. The number of aromatic nitrogens is 2. The van der Waals surface area contributed by atoms with Crippen molar-refractivity contribution in [1.29, 1.82) is 0 Å². The molecular formula is C27H31N5O2S. The summed E-state index contributed by atoms with van der Waals surface area (Å²) in [6.07, 6.45) is 9.23. The lowest BCUT2D eigenvalue weighted by molar-refractivity contribution is -0.116. The molecule has 1 saturated carbocycles. The topological polar surface area (TPSA) is 71.4 Å². The first-order chi connectivity index (χ1) is 17.2. The first kappa shape index (κ1) is 23.4. The Kier molecular flexibility index (Phi) is 6.99. The van der Waals surface area contributed by atoms with Crippen LogP contribution in [0.4, 0.5) is 5.69 Å². The number of anilines is 1. The predicted octanol–water partition coefficient (Wildman–Crippen LogP) is 5.01. The van der Waals surface area contributed by atoms with Gasteiger partial charge in [0.05, 0.1) is 30.6 Å². The van der Waals surface area contributed by atoms with Crippen LogP contribution in [0.2, 0.25) is 0 Å². The predicted molar refractivity (Wildman–Crippen MR) is 140 cm³/mol. The quantitative estimate of drug-likeness (QED) is 0.434. The number of hydrogen-bond acceptors (Lipinski definition) is 4. The van der Waals surface area contributed by atoms with E-state index in [1.165, 1.54) is 31.4 Å². The lowest BCUT2D eigenvalue weighted by Gasteiger charge is -2.30. The summed E-state index contributed by atoms with van der Waals surface area (Å²) in [5.41, 5.74) is 2.82. The van der Waals surface area contributed by atoms with E-state index in [0.717, 1.165) is 5.69 Å². The second-order valence-corrected chi connectivity index (χ2v) is 9.48. The molecule has 35 heavy (non-hydrogen) atoms. The van der Waals surface area contributed by atoms with E-state index in [9.17, 15) is 4.79 Å². The maximum atomic E-state index is 12.9. The van der Waals surface area contributed by atoms with Gasteiger partial charge >= 0.3 is 0 Å². The summed E-state index contributed by atoms with van der Waals surface area (Å²) in [6.45, 7) is 0.497. The minimum Gasteiger partial charge on any atom is -0.495 e. The van der Waals surface area contributed by atoms with Gasteiger partial charge in [-0.2, -0.15) is 0 Å². The van der Waals surface area contributed by atoms with E-state index in [0.29, 0.717) is 35.6 Å². The Morgan fingerprint density at radius 1 is 1.14 bits per heavy atom. The lowest BCUT2D eigenvalue weighted by Crippen LogP contribution is -2.33. The molecule has 1 aliphatic heterocycles. The van der Waals surface area contributed by atoms with Gasteiger partial charge in [0, 0.05) is 37.1 Å². The molecule has 2 N–H and O–H groups in total. The second-order valence-electron chi connectivity index (χ2n) is 9.10. The van der Waals surface area contributed by atoms with Crippen molar-refractivity contribution in [3.8, 4) is 5.75 Å². The van der Waals surface area contributed by atoms with E-state index in [-0.39, 0.29) is 18.0 Å². The number of amides is 1. The minimum atomic E-state index is -0.0870. The highest BCUT2D eigenvalue weighted by Gasteiger charge is 2.41. The Morgan fingerprint density at radius 3 is 2.71 bits per heavy atom. The molecule has 2 fully saturated rings. The number of carbonyl (C=O) groups is 1. The molecule has 2 aromatic heterocycles. The van der Waals surface area contributed by atoms with Crippen molar-refractivity contribution in [1.82, 2.24) is 19.8 Å². The van der Waals surface area contributed by atoms with Crippen molar-refractivity contribution < 1.29 is 9.53 Å². The lowest BCUT2D eigenvalue weighted by atomic mass is 10.0. The van der Waals surface area contributed by atoms with E-state index in [2.05, 4.69) is 43.4 Å². The molecule has 3 heterocycles. The highest BCUT2D eigenvalue weighted by molar-refractivity contribution is 7.80. The second kappa shape index (κ2) is 10.5. The Labute approximate surface area is 211 Å². The molecule has 2 aliphatic rings. The zero-order valence-electron chi connectivity index (χ0n) is 19.9. The maximum absolute atomic E-state index is 12.9. The number of nitrogens with zero attached hydrogens (tertiary/aromatic N) is 3. The molecule has 5 rings (SSSR count). The van der Waals surface area contributed by atoms with Gasteiger partial charge in [0.25, 0.3) is 0 Å². The van der Waals surface area contributed by atoms with Gasteiger partial charge < -0.3 is 24.8 Å². The number of benzene rings is 1. The average molecular weight is 490 g/mol. The van der Waals surface area contributed by atoms with Crippen LogP contribution in [0.15, 0.2) is 67.0 Å². The van der Waals surface area contributed by atoms with Crippen molar-refractivity contribution in [2.45, 2.75) is 50.2 Å². The van der Waals surface area contributed by atoms with Crippen LogP contribution in [0.5, 0.6) is 5.75 Å². The molecule has 0 spiro atoms. The summed E-state index contributed by atoms with van der Waals surface area (Å²) in [5.74, 6) is 0.560. The molecule has 182 valence electrons. The van der Waals surface area contributed by atoms with Crippen LogP contribution in [0, 0.1) is 0 Å². The fourth-order valence-corrected chi connectivity index (χ4v) is 5.66. The molecule has 8 heteroatoms. The molecule has 2 atom stereocenters. The number of methoxy groups -OCH3 is 1. The largest absolute Gasteiger partial charge is 0.495 e. The van der Waals surface area contributed by atoms with Gasteiger partial charge in [-0.05, 0) is 61.5 Å². The average Bonchev–Trinajstić information content (AvgIpc) is 3.63. The van der Waals surface area contributed by atoms with Crippen molar-refractivity contribution >= 4 is 28.9 Å². The van der Waals surface area contributed by atoms with Crippen molar-refractivity contribution in [3.05, 3.63) is 78.4 Å². The number of nitrogens with one attached hydrogen (secondary N) is 2. The van der Waals surface area contributed by atoms with E-state index in [4.69, 9.17) is 17.0 Å². The monoisotopic (exact) mass is 489 g/mol. The molecule has 0 radical (unpaired) electrons. The third-order valence-electron chi connectivity index (χ3n) is 6.99. The first-order valence-electron chi connectivity index (χ1n) is 12.2. The number of hydrogen-bond donors (Lipinski definition) is 2. The Balaban J connectivity index is 1.39. The van der Waals surface area contributed by atoms with Crippen LogP contribution >= 0.6 is 12.2 Å². The molecule has 0 unspecified atom stereocenters. The maximum Gasteiger partial charge on any atom is 0.226 e. The van der Waals surface area contributed by atoms with Crippen LogP contribution in [-0.4, -0.2) is 39.1 Å². The van der Waals surface area contributed by atoms with Crippen molar-refractivity contribution in [2.24, 2.45) is 0 Å². The minimum absolute atomic E-state index is 0.0490. The van der Waals surface area contributed by atoms with Gasteiger partial charge in [-0.15, -0.1) is 0 Å². The van der Waals surface area contributed by atoms with Gasteiger partial charge in [0.15, 0.2) is 5.11 Å². The smallest absolute Gasteiger partial charge is 0.226 e. The summed E-state index contributed by atoms with van der Waals surface area (Å²) in [5, 5.41) is 7.12. The molecule has 1 aromatic carbocycles. The number of rotatable bonds is 8. The first-order valence-corrected chi connectivity index (χ1v) is 12.6. The molecular weight excluding hydrogens is 458 g/mol. The highest BCUT2D eigenvalue weighted by Crippen LogP contribution is 2.41. The number of carbonyl (C=O) groups excluding carboxylic acids is 1. The summed E-state index contributed by atoms with van der Waals surface area (Å²) < 4.78 is 7.79. The van der Waals surface area contributed by atoms with Crippen LogP contribution in [0.3, 0.4) is 0 Å². The summed E-state index contributed by atoms with van der Waals surface area (Å²) in [7, 11) is 1.60. The summed E-state index contributed by atoms with van der Waals surface area (Å²) in [6, 6.07) is 18.1. The summed E-state index contributed by atoms with van der Waals surface area (Å²) in [4.78, 5) is 19.7. The normalized spacial score (nSPS) is 20.1. The molecule has 0 bridgehead atoms. The van der Waals surface area contributed by atoms with Gasteiger partial charge in [0.2, 0.25) is 5.91 Å². The Bertz CT molecular complexity index is 1180. The van der Waals surface area contributed by atoms with Gasteiger partial charge in [-0.25, -0.2) is 0 Å². The number of ether oxygens (including phenoxy) is 1. The number of para-hydroxylation sites is 2. The fraction of sp³-hybridized carbons (Fsp3) is 0.370. The van der Waals surface area contributed by atoms with Crippen LogP contribution in [-0.2, 0) is 4.79 Å². The molecule has 3 aromatic rings. The third kappa shape index (κ3) is 4.89. The number of pyridine rings is 1. The van der Waals surface area contributed by atoms with E-state index < -0.39 is 0 Å². The van der Waals surface area contributed by atoms with Crippen LogP contribution in [0.25, 0.3) is 0 Å². The van der Waals surface area contributed by atoms with Crippen LogP contribution in [0.1, 0.15) is 61.6 Å². The zero-order chi connectivity index (χ0) is 24.2. The van der Waals surface area contributed by atoms with E-state index >= 15 is 0 Å². The van der Waals surface area contributed by atoms with E-state index in [1.54, 1.807) is 7.11 Å². The van der Waals surface area contributed by atoms with Crippen LogP contribution < -0.4 is 15.4 Å². The van der Waals surface area contributed by atoms with Crippen molar-refractivity contribution in [3.63, 3.8) is 0 Å². The summed E-state index contributed by atoms with van der Waals surface area (Å²) >= 11 is 5.79. The highest BCUT2D eigenvalue weighted by atomic mass is 32.1. The third-order valence-corrected chi connectivity index (χ3v) is 7.34. The molecule has 7 nitrogen and oxygen atoms in total. The SMILES string of the molecule is COc1ccccc1NC(=O)CCN1C(=S)N[C@H](c2ccccn2)[C@H]1c1cccn1C1CCCC1. The fourth-order valence-electron chi connectivity index (χ4n) is 5.32. The van der Waals surface area contributed by atoms with E-state index in [1.807, 2.05) is 48.7 Å². The van der Waals surface area contributed by atoms with Gasteiger partial charge in [-0.1, -0.05) is 31.0 Å².